The van der Waals surface area contributed by atoms with Crippen LogP contribution in [0.1, 0.15) is 34.3 Å². The van der Waals surface area contributed by atoms with Crippen molar-refractivity contribution in [1.29, 1.82) is 0 Å². The van der Waals surface area contributed by atoms with Crippen molar-refractivity contribution in [2.75, 3.05) is 19.1 Å². The van der Waals surface area contributed by atoms with E-state index in [0.717, 1.165) is 34.1 Å². The van der Waals surface area contributed by atoms with Crippen LogP contribution in [-0.4, -0.2) is 26.0 Å². The van der Waals surface area contributed by atoms with Gasteiger partial charge in [0.25, 0.3) is 0 Å². The highest BCUT2D eigenvalue weighted by Gasteiger charge is 2.59. The van der Waals surface area contributed by atoms with Crippen LogP contribution in [0.25, 0.3) is 0 Å². The van der Waals surface area contributed by atoms with E-state index in [2.05, 4.69) is 15.9 Å². The van der Waals surface area contributed by atoms with E-state index < -0.39 is 5.97 Å². The van der Waals surface area contributed by atoms with Crippen molar-refractivity contribution < 1.29 is 14.3 Å². The molecule has 19 heavy (non-hydrogen) atoms. The number of esters is 1. The van der Waals surface area contributed by atoms with Gasteiger partial charge in [0.2, 0.25) is 5.91 Å². The fraction of sp³-hybridized carbons (Fsp3) is 0.429. The normalized spacial score (nSPS) is 18.7. The standard InChI is InChI=1S/C14H14BrNO3/c1-7-10-9(6-8(11(7)15)12(17)19-3)16(2)13(18)14(10)4-5-14/h6H,4-5H2,1-3H3. The molecule has 0 unspecified atom stereocenters. The van der Waals surface area contributed by atoms with Gasteiger partial charge >= 0.3 is 5.97 Å². The van der Waals surface area contributed by atoms with Crippen LogP contribution in [-0.2, 0) is 14.9 Å². The molecule has 5 heteroatoms. The Hall–Kier alpha value is -1.36. The molecule has 0 saturated heterocycles. The molecule has 1 amide bonds. The zero-order valence-corrected chi connectivity index (χ0v) is 12.6. The maximum absolute atomic E-state index is 12.4. The van der Waals surface area contributed by atoms with Crippen LogP contribution in [0.4, 0.5) is 5.69 Å². The first-order chi connectivity index (χ1) is 8.94. The Morgan fingerprint density at radius 2 is 2.11 bits per heavy atom. The molecule has 1 spiro atoms. The number of fused-ring (bicyclic) bond motifs is 2. The minimum atomic E-state index is -0.393. The minimum Gasteiger partial charge on any atom is -0.465 e. The number of methoxy groups -OCH3 is 1. The van der Waals surface area contributed by atoms with Crippen molar-refractivity contribution in [2.24, 2.45) is 0 Å². The zero-order valence-electron chi connectivity index (χ0n) is 11.0. The Morgan fingerprint density at radius 3 is 2.63 bits per heavy atom. The smallest absolute Gasteiger partial charge is 0.339 e. The molecule has 0 N–H and O–H groups in total. The van der Waals surface area contributed by atoms with Crippen LogP contribution >= 0.6 is 15.9 Å². The quantitative estimate of drug-likeness (QED) is 0.746. The first kappa shape index (κ1) is 12.7. The lowest BCUT2D eigenvalue weighted by Gasteiger charge is -2.14. The monoisotopic (exact) mass is 323 g/mol. The largest absolute Gasteiger partial charge is 0.465 e. The number of likely N-dealkylation sites (N-methyl/N-ethyl adjacent to an activating group) is 1. The number of amides is 1. The number of ether oxygens (including phenoxy) is 1. The van der Waals surface area contributed by atoms with Crippen molar-refractivity contribution in [1.82, 2.24) is 0 Å². The first-order valence-corrected chi connectivity index (χ1v) is 6.93. The number of benzene rings is 1. The SMILES string of the molecule is COC(=O)c1cc2c(c(C)c1Br)C1(CC1)C(=O)N2C. The third-order valence-corrected chi connectivity index (χ3v) is 5.21. The van der Waals surface area contributed by atoms with Crippen molar-refractivity contribution in [3.63, 3.8) is 0 Å². The summed E-state index contributed by atoms with van der Waals surface area (Å²) >= 11 is 3.46. The fourth-order valence-corrected chi connectivity index (χ4v) is 3.50. The molecule has 1 heterocycles. The highest BCUT2D eigenvalue weighted by molar-refractivity contribution is 9.10. The first-order valence-electron chi connectivity index (χ1n) is 6.14. The predicted molar refractivity (Wildman–Crippen MR) is 74.5 cm³/mol. The number of hydrogen-bond acceptors (Lipinski definition) is 3. The number of halogens is 1. The Bertz CT molecular complexity index is 620. The summed E-state index contributed by atoms with van der Waals surface area (Å²) in [6, 6.07) is 1.75. The van der Waals surface area contributed by atoms with Crippen LogP contribution in [0.15, 0.2) is 10.5 Å². The van der Waals surface area contributed by atoms with E-state index in [1.807, 2.05) is 6.92 Å². The van der Waals surface area contributed by atoms with Crippen LogP contribution in [0.5, 0.6) is 0 Å². The van der Waals surface area contributed by atoms with E-state index in [-0.39, 0.29) is 11.3 Å². The molecule has 2 aliphatic rings. The molecular weight excluding hydrogens is 310 g/mol. The Balaban J connectivity index is 2.28. The second-order valence-corrected chi connectivity index (χ2v) is 5.99. The number of anilines is 1. The van der Waals surface area contributed by atoms with E-state index in [1.54, 1.807) is 18.0 Å². The van der Waals surface area contributed by atoms with Gasteiger partial charge in [0.05, 0.1) is 18.1 Å². The molecule has 1 aliphatic carbocycles. The van der Waals surface area contributed by atoms with Crippen LogP contribution in [0.3, 0.4) is 0 Å². The maximum atomic E-state index is 12.4. The van der Waals surface area contributed by atoms with Gasteiger partial charge in [-0.15, -0.1) is 0 Å². The summed E-state index contributed by atoms with van der Waals surface area (Å²) in [5.41, 5.74) is 3.01. The van der Waals surface area contributed by atoms with E-state index in [4.69, 9.17) is 4.74 Å². The molecule has 0 aromatic heterocycles. The second-order valence-electron chi connectivity index (χ2n) is 5.20. The third-order valence-electron chi connectivity index (χ3n) is 4.19. The van der Waals surface area contributed by atoms with Gasteiger partial charge < -0.3 is 9.64 Å². The Labute approximate surface area is 119 Å². The number of nitrogens with zero attached hydrogens (tertiary/aromatic N) is 1. The summed E-state index contributed by atoms with van der Waals surface area (Å²) in [4.78, 5) is 25.8. The van der Waals surface area contributed by atoms with Gasteiger partial charge in [-0.25, -0.2) is 4.79 Å². The molecular formula is C14H14BrNO3. The summed E-state index contributed by atoms with van der Waals surface area (Å²) < 4.78 is 5.52. The summed E-state index contributed by atoms with van der Waals surface area (Å²) in [6.07, 6.45) is 1.79. The van der Waals surface area contributed by atoms with Crippen LogP contribution in [0.2, 0.25) is 0 Å². The predicted octanol–water partition coefficient (Wildman–Crippen LogP) is 2.55. The molecule has 1 aromatic carbocycles. The number of hydrogen-bond donors (Lipinski definition) is 0. The molecule has 0 radical (unpaired) electrons. The lowest BCUT2D eigenvalue weighted by atomic mass is 9.92. The lowest BCUT2D eigenvalue weighted by molar-refractivity contribution is -0.119. The Kier molecular flexibility index (Phi) is 2.55. The molecule has 1 fully saturated rings. The average Bonchev–Trinajstić information content (AvgIpc) is 3.16. The van der Waals surface area contributed by atoms with E-state index in [1.165, 1.54) is 7.11 Å². The van der Waals surface area contributed by atoms with Crippen molar-refractivity contribution in [3.8, 4) is 0 Å². The molecule has 1 saturated carbocycles. The number of carbonyl (C=O) groups is 2. The van der Waals surface area contributed by atoms with Gasteiger partial charge in [0.1, 0.15) is 0 Å². The molecule has 0 bridgehead atoms. The van der Waals surface area contributed by atoms with Crippen LogP contribution in [0, 0.1) is 6.92 Å². The van der Waals surface area contributed by atoms with Crippen molar-refractivity contribution >= 4 is 33.5 Å². The van der Waals surface area contributed by atoms with E-state index in [0.29, 0.717) is 5.56 Å². The molecule has 3 rings (SSSR count). The maximum Gasteiger partial charge on any atom is 0.339 e. The average molecular weight is 324 g/mol. The molecule has 1 aromatic rings. The van der Waals surface area contributed by atoms with Gasteiger partial charge in [-0.3, -0.25) is 4.79 Å². The lowest BCUT2D eigenvalue weighted by Crippen LogP contribution is -2.28. The molecule has 100 valence electrons. The van der Waals surface area contributed by atoms with E-state index in [9.17, 15) is 9.59 Å². The summed E-state index contributed by atoms with van der Waals surface area (Å²) in [5.74, 6) is -0.255. The summed E-state index contributed by atoms with van der Waals surface area (Å²) in [6.45, 7) is 1.95. The second kappa shape index (κ2) is 3.82. The third kappa shape index (κ3) is 1.45. The number of rotatable bonds is 1. The topological polar surface area (TPSA) is 46.6 Å². The fourth-order valence-electron chi connectivity index (χ4n) is 3.03. The summed E-state index contributed by atoms with van der Waals surface area (Å²) in [5, 5.41) is 0. The molecule has 0 atom stereocenters. The minimum absolute atomic E-state index is 0.138. The number of carbonyl (C=O) groups excluding carboxylic acids is 2. The highest BCUT2D eigenvalue weighted by Crippen LogP contribution is 2.59. The van der Waals surface area contributed by atoms with Gasteiger partial charge in [-0.05, 0) is 52.9 Å². The zero-order chi connectivity index (χ0) is 13.9. The van der Waals surface area contributed by atoms with Crippen molar-refractivity contribution in [3.05, 3.63) is 27.2 Å². The Morgan fingerprint density at radius 1 is 1.47 bits per heavy atom. The van der Waals surface area contributed by atoms with Crippen molar-refractivity contribution in [2.45, 2.75) is 25.2 Å². The van der Waals surface area contributed by atoms with Crippen LogP contribution < -0.4 is 4.90 Å². The highest BCUT2D eigenvalue weighted by atomic mass is 79.9. The van der Waals surface area contributed by atoms with E-state index >= 15 is 0 Å². The van der Waals surface area contributed by atoms with Gasteiger partial charge in [0, 0.05) is 17.2 Å². The van der Waals surface area contributed by atoms with Gasteiger partial charge in [-0.1, -0.05) is 0 Å². The molecule has 1 aliphatic heterocycles. The van der Waals surface area contributed by atoms with Gasteiger partial charge in [0.15, 0.2) is 0 Å². The summed E-state index contributed by atoms with van der Waals surface area (Å²) in [7, 11) is 3.12. The molecule has 4 nitrogen and oxygen atoms in total. The van der Waals surface area contributed by atoms with Gasteiger partial charge in [-0.2, -0.15) is 0 Å².